The molecule has 4 aliphatic rings. The van der Waals surface area contributed by atoms with E-state index in [1.165, 1.54) is 123 Å². The van der Waals surface area contributed by atoms with Crippen molar-refractivity contribution in [3.8, 4) is 11.1 Å². The monoisotopic (exact) mass is 961 g/mol. The Morgan fingerprint density at radius 1 is 0.521 bits per heavy atom. The van der Waals surface area contributed by atoms with Gasteiger partial charge in [-0.2, -0.15) is 0 Å². The summed E-state index contributed by atoms with van der Waals surface area (Å²) >= 11 is 1.91. The maximum atomic E-state index is 6.64. The van der Waals surface area contributed by atoms with E-state index >= 15 is 0 Å². The topological polar surface area (TPSA) is 22.9 Å². The quantitative estimate of drug-likeness (QED) is 0.164. The number of rotatable bonds is 4. The number of para-hydroxylation sites is 1. The number of anilines is 8. The molecule has 9 aromatic carbocycles. The van der Waals surface area contributed by atoms with E-state index in [0.717, 1.165) is 34.0 Å². The first-order valence-corrected chi connectivity index (χ1v) is 27.1. The number of hydrogen-bond donors (Lipinski definition) is 0. The van der Waals surface area contributed by atoms with E-state index in [4.69, 9.17) is 4.42 Å². The number of aryl methyl sites for hydroxylation is 1. The summed E-state index contributed by atoms with van der Waals surface area (Å²) in [5.41, 5.74) is 22.0. The molecule has 5 heterocycles. The lowest BCUT2D eigenvalue weighted by atomic mass is 9.33. The minimum atomic E-state index is -0.119. The van der Waals surface area contributed by atoms with Gasteiger partial charge in [0.25, 0.3) is 6.71 Å². The van der Waals surface area contributed by atoms with Crippen LogP contribution < -0.4 is 31.1 Å². The smallest absolute Gasteiger partial charge is 0.252 e. The van der Waals surface area contributed by atoms with Crippen molar-refractivity contribution in [3.05, 3.63) is 199 Å². The van der Waals surface area contributed by atoms with Gasteiger partial charge in [0.05, 0.1) is 15.9 Å². The zero-order valence-electron chi connectivity index (χ0n) is 42.4. The van der Waals surface area contributed by atoms with Crippen molar-refractivity contribution in [2.75, 3.05) is 14.7 Å². The molecule has 0 spiro atoms. The van der Waals surface area contributed by atoms with Gasteiger partial charge in [0.15, 0.2) is 0 Å². The molecule has 1 fully saturated rings. The Labute approximate surface area is 432 Å². The predicted molar refractivity (Wildman–Crippen MR) is 312 cm³/mol. The first kappa shape index (κ1) is 43.1. The zero-order valence-corrected chi connectivity index (χ0v) is 43.2. The highest BCUT2D eigenvalue weighted by Gasteiger charge is 2.58. The maximum Gasteiger partial charge on any atom is 0.252 e. The van der Waals surface area contributed by atoms with Gasteiger partial charge in [-0.15, -0.1) is 11.3 Å². The minimum absolute atomic E-state index is 0.0162. The predicted octanol–water partition coefficient (Wildman–Crippen LogP) is 17.1. The summed E-state index contributed by atoms with van der Waals surface area (Å²) in [5, 5.41) is 4.89. The molecule has 73 heavy (non-hydrogen) atoms. The molecule has 2 unspecified atom stereocenters. The number of fused-ring (bicyclic) bond motifs is 13. The molecule has 2 aromatic heterocycles. The fourth-order valence-corrected chi connectivity index (χ4v) is 15.2. The lowest BCUT2D eigenvalue weighted by Gasteiger charge is -2.50. The Morgan fingerprint density at radius 3 is 2.05 bits per heavy atom. The third-order valence-electron chi connectivity index (χ3n) is 17.8. The molecular formula is C67H56BN3OS. The Hall–Kier alpha value is -7.54. The van der Waals surface area contributed by atoms with Gasteiger partial charge in [-0.05, 0) is 149 Å². The maximum absolute atomic E-state index is 6.64. The van der Waals surface area contributed by atoms with Crippen molar-refractivity contribution in [3.63, 3.8) is 0 Å². The van der Waals surface area contributed by atoms with Gasteiger partial charge < -0.3 is 19.1 Å². The lowest BCUT2D eigenvalue weighted by molar-refractivity contribution is 0.195. The largest absolute Gasteiger partial charge is 0.456 e. The van der Waals surface area contributed by atoms with Crippen molar-refractivity contribution < 1.29 is 4.42 Å². The van der Waals surface area contributed by atoms with Gasteiger partial charge >= 0.3 is 0 Å². The number of benzene rings is 9. The highest BCUT2D eigenvalue weighted by molar-refractivity contribution is 7.26. The van der Waals surface area contributed by atoms with Crippen LogP contribution in [0, 0.1) is 6.92 Å². The van der Waals surface area contributed by atoms with Crippen LogP contribution in [0.4, 0.5) is 45.5 Å². The van der Waals surface area contributed by atoms with Crippen LogP contribution in [0.25, 0.3) is 53.2 Å². The highest BCUT2D eigenvalue weighted by atomic mass is 32.1. The molecule has 354 valence electrons. The van der Waals surface area contributed by atoms with E-state index < -0.39 is 0 Å². The van der Waals surface area contributed by atoms with Crippen LogP contribution in [0.2, 0.25) is 0 Å². The Balaban J connectivity index is 1.00. The third-order valence-corrected chi connectivity index (χ3v) is 19.0. The SMILES string of the molecule is Cc1cc2c3c(c1)N(c1cccc4c1sc1ccccc14)c1cc(N4c5ccc(-c6ccccc6)cc5C5(C)CCCCC45C)ccc1B3c1ccc(C(C)(C)C)cc1N2c1ccc2c(c1)oc1ccccc12. The summed E-state index contributed by atoms with van der Waals surface area (Å²) in [7, 11) is 0. The van der Waals surface area contributed by atoms with E-state index in [-0.39, 0.29) is 23.1 Å². The van der Waals surface area contributed by atoms with Crippen LogP contribution >= 0.6 is 11.3 Å². The molecule has 2 atom stereocenters. The summed E-state index contributed by atoms with van der Waals surface area (Å²) in [6, 6.07) is 69.2. The van der Waals surface area contributed by atoms with E-state index in [1.807, 2.05) is 11.3 Å². The third kappa shape index (κ3) is 6.02. The first-order chi connectivity index (χ1) is 35.5. The van der Waals surface area contributed by atoms with Gasteiger partial charge in [-0.25, -0.2) is 0 Å². The molecule has 0 bridgehead atoms. The zero-order chi connectivity index (χ0) is 49.1. The number of hydrogen-bond acceptors (Lipinski definition) is 5. The molecule has 3 aliphatic heterocycles. The number of thiophene rings is 1. The Bertz CT molecular complexity index is 4130. The van der Waals surface area contributed by atoms with Gasteiger partial charge in [-0.3, -0.25) is 0 Å². The average molecular weight is 962 g/mol. The molecule has 15 rings (SSSR count). The van der Waals surface area contributed by atoms with E-state index in [0.29, 0.717) is 0 Å². The van der Waals surface area contributed by atoms with E-state index in [1.54, 1.807) is 0 Å². The molecular weight excluding hydrogens is 906 g/mol. The summed E-state index contributed by atoms with van der Waals surface area (Å²) < 4.78 is 9.25. The molecule has 0 amide bonds. The fraction of sp³-hybridized carbons (Fsp3) is 0.194. The second-order valence-corrected chi connectivity index (χ2v) is 23.9. The van der Waals surface area contributed by atoms with Gasteiger partial charge in [0.2, 0.25) is 0 Å². The minimum Gasteiger partial charge on any atom is -0.456 e. The molecule has 11 aromatic rings. The van der Waals surface area contributed by atoms with Gasteiger partial charge in [0, 0.05) is 77.5 Å². The Kier molecular flexibility index (Phi) is 9.00. The van der Waals surface area contributed by atoms with Crippen molar-refractivity contribution in [1.29, 1.82) is 0 Å². The normalized spacial score (nSPS) is 18.9. The number of furan rings is 1. The fourth-order valence-electron chi connectivity index (χ4n) is 14.0. The van der Waals surface area contributed by atoms with Crippen LogP contribution in [0.1, 0.15) is 77.0 Å². The van der Waals surface area contributed by atoms with Crippen LogP contribution in [0.3, 0.4) is 0 Å². The second-order valence-electron chi connectivity index (χ2n) is 22.9. The van der Waals surface area contributed by atoms with Gasteiger partial charge in [-0.1, -0.05) is 144 Å². The van der Waals surface area contributed by atoms with Crippen LogP contribution in [0.5, 0.6) is 0 Å². The summed E-state index contributed by atoms with van der Waals surface area (Å²) in [4.78, 5) is 7.98. The molecule has 1 aliphatic carbocycles. The lowest BCUT2D eigenvalue weighted by Crippen LogP contribution is -2.61. The molecule has 0 N–H and O–H groups in total. The van der Waals surface area contributed by atoms with Crippen molar-refractivity contribution in [2.45, 2.75) is 83.6 Å². The summed E-state index contributed by atoms with van der Waals surface area (Å²) in [6.45, 7) is 14.4. The van der Waals surface area contributed by atoms with Crippen molar-refractivity contribution in [2.24, 2.45) is 0 Å². The molecule has 0 radical (unpaired) electrons. The molecule has 4 nitrogen and oxygen atoms in total. The average Bonchev–Trinajstić information content (AvgIpc) is 4.04. The summed E-state index contributed by atoms with van der Waals surface area (Å²) in [6.07, 6.45) is 4.76. The van der Waals surface area contributed by atoms with Crippen LogP contribution in [-0.2, 0) is 10.8 Å². The standard InChI is InChI=1S/C67H56BN3OS/c1-41-35-58-63-59(36-41)70(55-22-16-21-50-49-20-11-13-24-62(49)73-64(50)55)57-39-46(71-54-32-25-43(42-17-8-7-9-18-42)37-51(54)66(5)33-14-15-34-67(66,71)6)28-31-53(57)68(63)52-30-26-44(65(2,3)4)38-56(52)69(58)45-27-29-48-47-19-10-12-23-60(47)72-61(48)40-45/h7-13,16-32,35-40H,14-15,33-34H2,1-6H3. The first-order valence-electron chi connectivity index (χ1n) is 26.3. The van der Waals surface area contributed by atoms with Crippen LogP contribution in [-0.4, -0.2) is 12.3 Å². The van der Waals surface area contributed by atoms with Crippen LogP contribution in [0.15, 0.2) is 186 Å². The van der Waals surface area contributed by atoms with Crippen molar-refractivity contribution >= 4 is 122 Å². The highest BCUT2D eigenvalue weighted by Crippen LogP contribution is 2.62. The van der Waals surface area contributed by atoms with Crippen molar-refractivity contribution in [1.82, 2.24) is 0 Å². The van der Waals surface area contributed by atoms with Gasteiger partial charge in [0.1, 0.15) is 11.2 Å². The molecule has 0 saturated heterocycles. The van der Waals surface area contributed by atoms with E-state index in [2.05, 4.69) is 238 Å². The van der Waals surface area contributed by atoms with E-state index in [9.17, 15) is 0 Å². The number of nitrogens with zero attached hydrogens (tertiary/aromatic N) is 3. The second kappa shape index (κ2) is 15.3. The summed E-state index contributed by atoms with van der Waals surface area (Å²) in [5.74, 6) is 0. The molecule has 6 heteroatoms. The Morgan fingerprint density at radius 2 is 1.22 bits per heavy atom. The molecule has 1 saturated carbocycles.